The lowest BCUT2D eigenvalue weighted by Crippen LogP contribution is -2.57. The van der Waals surface area contributed by atoms with Crippen LogP contribution in [-0.4, -0.2) is 71.2 Å². The van der Waals surface area contributed by atoms with Crippen molar-refractivity contribution in [3.63, 3.8) is 0 Å². The average Bonchev–Trinajstić information content (AvgIpc) is 3.59. The third-order valence-electron chi connectivity index (χ3n) is 8.88. The van der Waals surface area contributed by atoms with Crippen LogP contribution in [0.1, 0.15) is 26.2 Å². The summed E-state index contributed by atoms with van der Waals surface area (Å²) < 4.78 is 6.87. The highest BCUT2D eigenvalue weighted by atomic mass is 35.5. The Hall–Kier alpha value is -3.46. The minimum absolute atomic E-state index is 0.0471. The summed E-state index contributed by atoms with van der Waals surface area (Å²) in [6, 6.07) is 15.2. The molecular weight excluding hydrogens is 542 g/mol. The first kappa shape index (κ1) is 29.0. The van der Waals surface area contributed by atoms with Gasteiger partial charge in [-0.2, -0.15) is 0 Å². The van der Waals surface area contributed by atoms with Crippen molar-refractivity contribution in [2.45, 2.75) is 43.4 Å². The van der Waals surface area contributed by atoms with Crippen LogP contribution in [-0.2, 0) is 19.1 Å². The van der Waals surface area contributed by atoms with Crippen LogP contribution in [0, 0.1) is 11.8 Å². The number of rotatable bonds is 11. The standard InChI is InChI=1S/C32H36ClN3O5/c1-4-18-34(23-10-8-7-9-11-23)28(38)25-26-29(39)36(20-21-37)27(32(26)17-16-31(25,6-3)41-32)30(40)35(19-5-2)24-14-12-22(33)13-15-24/h4-5,7-15,25-27,37H,1-2,6,16-21H2,3H3/t25-,26+,27?,31+,32?/m1/s1. The summed E-state index contributed by atoms with van der Waals surface area (Å²) in [5, 5.41) is 10.5. The van der Waals surface area contributed by atoms with Crippen molar-refractivity contribution >= 4 is 40.7 Å². The van der Waals surface area contributed by atoms with E-state index < -0.39 is 29.1 Å². The van der Waals surface area contributed by atoms with Crippen LogP contribution in [0.15, 0.2) is 79.9 Å². The second-order valence-corrected chi connectivity index (χ2v) is 11.3. The van der Waals surface area contributed by atoms with Gasteiger partial charge < -0.3 is 24.5 Å². The molecule has 3 amide bonds. The van der Waals surface area contributed by atoms with Crippen LogP contribution < -0.4 is 9.80 Å². The Labute approximate surface area is 245 Å². The van der Waals surface area contributed by atoms with Gasteiger partial charge in [0.15, 0.2) is 0 Å². The molecule has 9 heteroatoms. The highest BCUT2D eigenvalue weighted by Crippen LogP contribution is 2.64. The molecule has 2 aromatic rings. The van der Waals surface area contributed by atoms with Crippen LogP contribution in [0.5, 0.6) is 0 Å². The first-order valence-corrected chi connectivity index (χ1v) is 14.4. The van der Waals surface area contributed by atoms with E-state index in [0.717, 1.165) is 0 Å². The summed E-state index contributed by atoms with van der Waals surface area (Å²) in [7, 11) is 0. The number of hydrogen-bond acceptors (Lipinski definition) is 5. The molecular formula is C32H36ClN3O5. The number of ether oxygens (including phenoxy) is 1. The SMILES string of the molecule is C=CCN(C(=O)C1N(CCO)C(=O)[C@@H]2[C@H](C(=O)N(CC=C)c3ccccc3)[C@]3(CC)CCC12O3)c1ccc(Cl)cc1. The number of amides is 3. The van der Waals surface area contributed by atoms with Crippen LogP contribution in [0.25, 0.3) is 0 Å². The van der Waals surface area contributed by atoms with Crippen LogP contribution >= 0.6 is 11.6 Å². The number of hydrogen-bond donors (Lipinski definition) is 1. The Bertz CT molecular complexity index is 1330. The number of anilines is 2. The molecule has 5 rings (SSSR count). The molecule has 0 radical (unpaired) electrons. The Balaban J connectivity index is 1.60. The minimum Gasteiger partial charge on any atom is -0.395 e. The molecule has 3 aliphatic rings. The van der Waals surface area contributed by atoms with Gasteiger partial charge in [-0.3, -0.25) is 14.4 Å². The molecule has 2 unspecified atom stereocenters. The molecule has 1 spiro atoms. The van der Waals surface area contributed by atoms with E-state index in [1.165, 1.54) is 4.90 Å². The predicted octanol–water partition coefficient (Wildman–Crippen LogP) is 4.23. The maximum Gasteiger partial charge on any atom is 0.253 e. The maximum atomic E-state index is 14.5. The molecule has 3 heterocycles. The van der Waals surface area contributed by atoms with Gasteiger partial charge in [0.05, 0.1) is 24.0 Å². The topological polar surface area (TPSA) is 90.4 Å². The summed E-state index contributed by atoms with van der Waals surface area (Å²) in [5.74, 6) is -2.57. The van der Waals surface area contributed by atoms with E-state index in [-0.39, 0.29) is 44.0 Å². The minimum atomic E-state index is -1.21. The number of fused-ring (bicyclic) bond motifs is 1. The third-order valence-corrected chi connectivity index (χ3v) is 9.14. The number of carbonyl (C=O) groups excluding carboxylic acids is 3. The van der Waals surface area contributed by atoms with Gasteiger partial charge in [0, 0.05) is 36.0 Å². The van der Waals surface area contributed by atoms with Gasteiger partial charge in [-0.05, 0) is 55.7 Å². The number of halogens is 1. The zero-order valence-electron chi connectivity index (χ0n) is 23.2. The molecule has 0 aliphatic carbocycles. The second-order valence-electron chi connectivity index (χ2n) is 10.9. The first-order chi connectivity index (χ1) is 19.8. The Morgan fingerprint density at radius 3 is 2.22 bits per heavy atom. The average molecular weight is 578 g/mol. The van der Waals surface area contributed by atoms with Crippen molar-refractivity contribution in [2.75, 3.05) is 36.0 Å². The van der Waals surface area contributed by atoms with Crippen molar-refractivity contribution in [1.82, 2.24) is 4.90 Å². The lowest BCUT2D eigenvalue weighted by molar-refractivity contribution is -0.146. The van der Waals surface area contributed by atoms with Gasteiger partial charge in [-0.15, -0.1) is 13.2 Å². The number of β-amino-alcohol motifs (C(OH)–C–C–N with tert-alkyl or cyclic N) is 1. The van der Waals surface area contributed by atoms with Gasteiger partial charge in [0.2, 0.25) is 11.8 Å². The molecule has 2 bridgehead atoms. The van der Waals surface area contributed by atoms with Gasteiger partial charge in [0.1, 0.15) is 11.6 Å². The molecule has 0 saturated carbocycles. The monoisotopic (exact) mass is 577 g/mol. The fraction of sp³-hybridized carbons (Fsp3) is 0.406. The van der Waals surface area contributed by atoms with Crippen LogP contribution in [0.4, 0.5) is 11.4 Å². The third kappa shape index (κ3) is 4.58. The van der Waals surface area contributed by atoms with E-state index in [9.17, 15) is 19.5 Å². The van der Waals surface area contributed by atoms with E-state index in [0.29, 0.717) is 35.7 Å². The first-order valence-electron chi connectivity index (χ1n) is 14.0. The molecule has 3 aliphatic heterocycles. The highest BCUT2D eigenvalue weighted by Gasteiger charge is 2.79. The van der Waals surface area contributed by atoms with Gasteiger partial charge in [-0.1, -0.05) is 48.9 Å². The predicted molar refractivity (Wildman–Crippen MR) is 159 cm³/mol. The summed E-state index contributed by atoms with van der Waals surface area (Å²) in [6.07, 6.45) is 4.79. The lowest BCUT2D eigenvalue weighted by Gasteiger charge is -2.37. The fourth-order valence-electron chi connectivity index (χ4n) is 7.17. The Morgan fingerprint density at radius 1 is 1.02 bits per heavy atom. The molecule has 1 N–H and O–H groups in total. The zero-order chi connectivity index (χ0) is 29.4. The molecule has 3 saturated heterocycles. The second kappa shape index (κ2) is 11.4. The summed E-state index contributed by atoms with van der Waals surface area (Å²) >= 11 is 6.11. The molecule has 0 aromatic heterocycles. The number of benzene rings is 2. The zero-order valence-corrected chi connectivity index (χ0v) is 24.0. The van der Waals surface area contributed by atoms with Crippen LogP contribution in [0.2, 0.25) is 5.02 Å². The quantitative estimate of drug-likeness (QED) is 0.404. The molecule has 8 nitrogen and oxygen atoms in total. The molecule has 41 heavy (non-hydrogen) atoms. The number of carbonyl (C=O) groups is 3. The molecule has 5 atom stereocenters. The molecule has 2 aromatic carbocycles. The van der Waals surface area contributed by atoms with Crippen molar-refractivity contribution < 1.29 is 24.2 Å². The van der Waals surface area contributed by atoms with E-state index in [4.69, 9.17) is 16.3 Å². The maximum absolute atomic E-state index is 14.5. The highest BCUT2D eigenvalue weighted by molar-refractivity contribution is 6.30. The van der Waals surface area contributed by atoms with Gasteiger partial charge >= 0.3 is 0 Å². The Kier molecular flexibility index (Phi) is 8.10. The van der Waals surface area contributed by atoms with Crippen molar-refractivity contribution in [3.8, 4) is 0 Å². The van der Waals surface area contributed by atoms with Crippen molar-refractivity contribution in [3.05, 3.63) is 84.9 Å². The van der Waals surface area contributed by atoms with E-state index in [2.05, 4.69) is 13.2 Å². The number of aliphatic hydroxyl groups is 1. The number of likely N-dealkylation sites (tertiary alicyclic amines) is 1. The van der Waals surface area contributed by atoms with Crippen molar-refractivity contribution in [2.24, 2.45) is 11.8 Å². The summed E-state index contributed by atoms with van der Waals surface area (Å²) in [4.78, 5) is 47.8. The lowest BCUT2D eigenvalue weighted by atomic mass is 9.64. The van der Waals surface area contributed by atoms with Gasteiger partial charge in [-0.25, -0.2) is 0 Å². The Morgan fingerprint density at radius 2 is 1.63 bits per heavy atom. The number of para-hydroxylation sites is 1. The summed E-state index contributed by atoms with van der Waals surface area (Å²) in [6.45, 7) is 9.73. The van der Waals surface area contributed by atoms with Crippen LogP contribution in [0.3, 0.4) is 0 Å². The van der Waals surface area contributed by atoms with E-state index in [1.807, 2.05) is 37.3 Å². The van der Waals surface area contributed by atoms with E-state index >= 15 is 0 Å². The smallest absolute Gasteiger partial charge is 0.253 e. The largest absolute Gasteiger partial charge is 0.395 e. The van der Waals surface area contributed by atoms with Crippen molar-refractivity contribution in [1.29, 1.82) is 0 Å². The molecule has 3 fully saturated rings. The molecule has 216 valence electrons. The van der Waals surface area contributed by atoms with Gasteiger partial charge in [0.25, 0.3) is 5.91 Å². The number of aliphatic hydroxyl groups excluding tert-OH is 1. The van der Waals surface area contributed by atoms with E-state index in [1.54, 1.807) is 46.2 Å². The number of nitrogens with zero attached hydrogens (tertiary/aromatic N) is 3. The fourth-order valence-corrected chi connectivity index (χ4v) is 7.29. The normalized spacial score (nSPS) is 27.9. The summed E-state index contributed by atoms with van der Waals surface area (Å²) in [5.41, 5.74) is -0.797.